The highest BCUT2D eigenvalue weighted by molar-refractivity contribution is 7.09. The van der Waals surface area contributed by atoms with Crippen LogP contribution >= 0.6 is 11.3 Å². The minimum atomic E-state index is -0.389. The van der Waals surface area contributed by atoms with Crippen LogP contribution in [0.15, 0.2) is 5.38 Å². The third kappa shape index (κ3) is 3.27. The number of hydrogen-bond acceptors (Lipinski definition) is 4. The van der Waals surface area contributed by atoms with Gasteiger partial charge in [-0.3, -0.25) is 0 Å². The van der Waals surface area contributed by atoms with Gasteiger partial charge in [0.05, 0.1) is 6.10 Å². The molecule has 90 valence electrons. The van der Waals surface area contributed by atoms with Crippen LogP contribution in [0.3, 0.4) is 0 Å². The van der Waals surface area contributed by atoms with Crippen molar-refractivity contribution in [3.8, 4) is 0 Å². The van der Waals surface area contributed by atoms with Crippen LogP contribution in [0, 0.1) is 6.92 Å². The fourth-order valence-electron chi connectivity index (χ4n) is 2.06. The zero-order valence-electron chi connectivity index (χ0n) is 9.69. The number of hydrogen-bond donors (Lipinski definition) is 1. The summed E-state index contributed by atoms with van der Waals surface area (Å²) in [5.74, 6) is 0. The summed E-state index contributed by atoms with van der Waals surface area (Å²) >= 11 is 1.55. The summed E-state index contributed by atoms with van der Waals surface area (Å²) in [5, 5.41) is 12.8. The summed E-state index contributed by atoms with van der Waals surface area (Å²) in [6.45, 7) is 2.87. The second kappa shape index (κ2) is 5.75. The average molecular weight is 241 g/mol. The van der Waals surface area contributed by atoms with E-state index in [2.05, 4.69) is 4.98 Å². The van der Waals surface area contributed by atoms with Gasteiger partial charge in [-0.05, 0) is 39.0 Å². The Labute approximate surface area is 100 Å². The van der Waals surface area contributed by atoms with E-state index in [1.54, 1.807) is 11.3 Å². The Morgan fingerprint density at radius 1 is 1.69 bits per heavy atom. The van der Waals surface area contributed by atoms with Gasteiger partial charge in [-0.25, -0.2) is 4.98 Å². The van der Waals surface area contributed by atoms with Crippen LogP contribution in [0.25, 0.3) is 0 Å². The molecule has 0 saturated carbocycles. The van der Waals surface area contributed by atoms with Gasteiger partial charge in [-0.2, -0.15) is 0 Å². The molecule has 2 rings (SSSR count). The molecule has 1 aliphatic rings. The van der Waals surface area contributed by atoms with Crippen molar-refractivity contribution in [1.82, 2.24) is 4.98 Å². The molecule has 0 bridgehead atoms. The van der Waals surface area contributed by atoms with Gasteiger partial charge in [-0.15, -0.1) is 11.3 Å². The van der Waals surface area contributed by atoms with Gasteiger partial charge in [0.2, 0.25) is 0 Å². The van der Waals surface area contributed by atoms with E-state index in [0.717, 1.165) is 36.6 Å². The molecule has 1 aromatic rings. The van der Waals surface area contributed by atoms with E-state index in [1.165, 1.54) is 12.8 Å². The van der Waals surface area contributed by atoms with Crippen molar-refractivity contribution >= 4 is 11.3 Å². The smallest absolute Gasteiger partial charge is 0.121 e. The van der Waals surface area contributed by atoms with Crippen molar-refractivity contribution in [2.75, 3.05) is 6.61 Å². The van der Waals surface area contributed by atoms with Crippen molar-refractivity contribution in [2.45, 2.75) is 51.2 Å². The normalized spacial score (nSPS) is 22.5. The van der Waals surface area contributed by atoms with Gasteiger partial charge in [0, 0.05) is 17.7 Å². The first-order chi connectivity index (χ1) is 7.75. The second-order valence-electron chi connectivity index (χ2n) is 4.41. The Balaban J connectivity index is 1.69. The summed E-state index contributed by atoms with van der Waals surface area (Å²) in [7, 11) is 0. The van der Waals surface area contributed by atoms with Gasteiger partial charge in [0.15, 0.2) is 0 Å². The molecule has 4 heteroatoms. The molecule has 2 heterocycles. The Morgan fingerprint density at radius 3 is 3.19 bits per heavy atom. The van der Waals surface area contributed by atoms with Crippen LogP contribution in [0.1, 0.15) is 48.9 Å². The van der Waals surface area contributed by atoms with Crippen LogP contribution in [0.4, 0.5) is 0 Å². The highest BCUT2D eigenvalue weighted by atomic mass is 32.1. The molecular formula is C12H19NO2S. The third-order valence-corrected chi connectivity index (χ3v) is 4.01. The van der Waals surface area contributed by atoms with Gasteiger partial charge in [0.25, 0.3) is 0 Å². The second-order valence-corrected chi connectivity index (χ2v) is 5.30. The molecule has 0 amide bonds. The minimum absolute atomic E-state index is 0.389. The predicted octanol–water partition coefficient (Wildman–Crippen LogP) is 2.83. The van der Waals surface area contributed by atoms with Crippen molar-refractivity contribution in [3.05, 3.63) is 16.1 Å². The molecule has 2 unspecified atom stereocenters. The summed E-state index contributed by atoms with van der Waals surface area (Å²) in [5.41, 5.74) is 0.998. The number of aliphatic hydroxyl groups is 1. The van der Waals surface area contributed by atoms with E-state index in [-0.39, 0.29) is 6.10 Å². The van der Waals surface area contributed by atoms with Crippen LogP contribution < -0.4 is 0 Å². The number of aliphatic hydroxyl groups excluding tert-OH is 1. The molecule has 3 nitrogen and oxygen atoms in total. The Morgan fingerprint density at radius 2 is 2.56 bits per heavy atom. The molecule has 16 heavy (non-hydrogen) atoms. The molecule has 0 aromatic carbocycles. The lowest BCUT2D eigenvalue weighted by atomic mass is 10.1. The van der Waals surface area contributed by atoms with Crippen LogP contribution in [-0.4, -0.2) is 22.8 Å². The van der Waals surface area contributed by atoms with Gasteiger partial charge >= 0.3 is 0 Å². The van der Waals surface area contributed by atoms with Crippen LogP contribution in [0.5, 0.6) is 0 Å². The molecular weight excluding hydrogens is 222 g/mol. The predicted molar refractivity (Wildman–Crippen MR) is 64.6 cm³/mol. The molecule has 1 fully saturated rings. The minimum Gasteiger partial charge on any atom is -0.386 e. The number of rotatable bonds is 5. The average Bonchev–Trinajstić information content (AvgIpc) is 2.89. The van der Waals surface area contributed by atoms with Crippen molar-refractivity contribution in [3.63, 3.8) is 0 Å². The lowest BCUT2D eigenvalue weighted by Gasteiger charge is -2.10. The zero-order valence-corrected chi connectivity index (χ0v) is 10.5. The zero-order chi connectivity index (χ0) is 11.4. The molecule has 1 saturated heterocycles. The Hall–Kier alpha value is -0.450. The topological polar surface area (TPSA) is 42.4 Å². The maximum Gasteiger partial charge on any atom is 0.121 e. The lowest BCUT2D eigenvalue weighted by Crippen LogP contribution is -2.05. The molecule has 1 aromatic heterocycles. The first kappa shape index (κ1) is 12.0. The van der Waals surface area contributed by atoms with Gasteiger partial charge in [-0.1, -0.05) is 0 Å². The first-order valence-electron chi connectivity index (χ1n) is 5.97. The molecule has 2 atom stereocenters. The van der Waals surface area contributed by atoms with Crippen molar-refractivity contribution in [1.29, 1.82) is 0 Å². The van der Waals surface area contributed by atoms with E-state index >= 15 is 0 Å². The monoisotopic (exact) mass is 241 g/mol. The summed E-state index contributed by atoms with van der Waals surface area (Å²) < 4.78 is 5.55. The van der Waals surface area contributed by atoms with Crippen molar-refractivity contribution < 1.29 is 9.84 Å². The molecule has 1 aliphatic heterocycles. The van der Waals surface area contributed by atoms with Gasteiger partial charge < -0.3 is 9.84 Å². The van der Waals surface area contributed by atoms with E-state index in [1.807, 2.05) is 12.3 Å². The highest BCUT2D eigenvalue weighted by Crippen LogP contribution is 2.25. The molecule has 0 aliphatic carbocycles. The van der Waals surface area contributed by atoms with Gasteiger partial charge in [0.1, 0.15) is 11.1 Å². The number of thiazole rings is 1. The summed E-state index contributed by atoms with van der Waals surface area (Å²) in [6, 6.07) is 0. The number of nitrogens with zero attached hydrogens (tertiary/aromatic N) is 1. The van der Waals surface area contributed by atoms with E-state index < -0.39 is 0 Å². The quantitative estimate of drug-likeness (QED) is 0.862. The number of ether oxygens (including phenoxy) is 1. The highest BCUT2D eigenvalue weighted by Gasteiger charge is 2.17. The number of aryl methyl sites for hydroxylation is 1. The van der Waals surface area contributed by atoms with E-state index in [4.69, 9.17) is 4.74 Å². The summed E-state index contributed by atoms with van der Waals surface area (Å²) in [4.78, 5) is 4.30. The maximum atomic E-state index is 9.91. The van der Waals surface area contributed by atoms with E-state index in [9.17, 15) is 5.11 Å². The Kier molecular flexibility index (Phi) is 4.32. The first-order valence-corrected chi connectivity index (χ1v) is 6.85. The SMILES string of the molecule is Cc1csc(C(O)CCCC2CCCO2)n1. The molecule has 1 N–H and O–H groups in total. The standard InChI is InChI=1S/C12H19NO2S/c1-9-8-16-12(13-9)11(14)6-2-4-10-5-3-7-15-10/h8,10-11,14H,2-7H2,1H3. The Bertz CT molecular complexity index is 321. The van der Waals surface area contributed by atoms with E-state index in [0.29, 0.717) is 6.10 Å². The molecule has 0 spiro atoms. The third-order valence-electron chi connectivity index (χ3n) is 2.95. The number of aromatic nitrogens is 1. The summed E-state index contributed by atoms with van der Waals surface area (Å²) in [6.07, 6.45) is 5.31. The lowest BCUT2D eigenvalue weighted by molar-refractivity contribution is 0.0944. The largest absolute Gasteiger partial charge is 0.386 e. The van der Waals surface area contributed by atoms with Crippen LogP contribution in [-0.2, 0) is 4.74 Å². The van der Waals surface area contributed by atoms with Crippen molar-refractivity contribution in [2.24, 2.45) is 0 Å². The fourth-order valence-corrected chi connectivity index (χ4v) is 2.88. The fraction of sp³-hybridized carbons (Fsp3) is 0.750. The maximum absolute atomic E-state index is 9.91. The molecule has 0 radical (unpaired) electrons. The van der Waals surface area contributed by atoms with Crippen LogP contribution in [0.2, 0.25) is 0 Å².